The number of hydrogen-bond donors (Lipinski definition) is 1. The first-order chi connectivity index (χ1) is 14.5. The highest BCUT2D eigenvalue weighted by Crippen LogP contribution is 2.28. The fourth-order valence-electron chi connectivity index (χ4n) is 3.56. The summed E-state index contributed by atoms with van der Waals surface area (Å²) in [7, 11) is 0. The van der Waals surface area contributed by atoms with Crippen LogP contribution in [0.1, 0.15) is 38.0 Å². The third-order valence-electron chi connectivity index (χ3n) is 4.97. The minimum absolute atomic E-state index is 0.0429. The minimum atomic E-state index is -0.440. The van der Waals surface area contributed by atoms with E-state index >= 15 is 0 Å². The molecule has 7 nitrogen and oxygen atoms in total. The van der Waals surface area contributed by atoms with Gasteiger partial charge in [0.25, 0.3) is 5.91 Å². The number of rotatable bonds is 3. The van der Waals surface area contributed by atoms with Crippen LogP contribution in [-0.2, 0) is 4.79 Å². The molecule has 2 aromatic carbocycles. The molecule has 4 rings (SSSR count). The van der Waals surface area contributed by atoms with E-state index in [2.05, 4.69) is 5.32 Å². The van der Waals surface area contributed by atoms with Gasteiger partial charge in [-0.25, -0.2) is 0 Å². The Balaban J connectivity index is 1.68. The number of carbonyl (C=O) groups is 4. The smallest absolute Gasteiger partial charge is 0.257 e. The molecule has 1 heterocycles. The van der Waals surface area contributed by atoms with Crippen LogP contribution in [0.3, 0.4) is 0 Å². The Morgan fingerprint density at radius 1 is 0.833 bits per heavy atom. The van der Waals surface area contributed by atoms with Crippen molar-refractivity contribution >= 4 is 23.4 Å². The molecule has 1 aliphatic heterocycles. The summed E-state index contributed by atoms with van der Waals surface area (Å²) in [5.74, 6) is -1.35. The summed E-state index contributed by atoms with van der Waals surface area (Å²) < 4.78 is 0. The molecule has 0 spiro atoms. The van der Waals surface area contributed by atoms with Crippen LogP contribution >= 0.6 is 0 Å². The molecule has 0 fully saturated rings. The fraction of sp³-hybridized carbons (Fsp3) is 0.130. The third kappa shape index (κ3) is 3.41. The van der Waals surface area contributed by atoms with Gasteiger partial charge >= 0.3 is 0 Å². The van der Waals surface area contributed by atoms with Gasteiger partial charge in [-0.3, -0.25) is 19.2 Å². The average Bonchev–Trinajstić information content (AvgIpc) is 2.77. The van der Waals surface area contributed by atoms with Crippen LogP contribution in [-0.4, -0.2) is 46.3 Å². The second-order valence-electron chi connectivity index (χ2n) is 6.96. The standard InChI is InChI=1S/C23H19N3O4/c1-15(27)24-19-20(22(29)18-10-6-5-9-17(18)21(19)28)25-11-13-26(14-12-25)23(30)16-7-3-2-4-8-16/h2-11,13H,12,14H2,1H3,(H,24,27). The van der Waals surface area contributed by atoms with Gasteiger partial charge in [-0.2, -0.15) is 0 Å². The number of carbonyl (C=O) groups excluding carboxylic acids is 4. The van der Waals surface area contributed by atoms with E-state index in [1.165, 1.54) is 6.92 Å². The topological polar surface area (TPSA) is 86.8 Å². The predicted molar refractivity (Wildman–Crippen MR) is 109 cm³/mol. The number of allylic oxidation sites excluding steroid dienone is 2. The Labute approximate surface area is 173 Å². The Morgan fingerprint density at radius 3 is 2.07 bits per heavy atom. The molecule has 0 saturated carbocycles. The summed E-state index contributed by atoms with van der Waals surface area (Å²) in [6, 6.07) is 15.4. The van der Waals surface area contributed by atoms with E-state index in [0.29, 0.717) is 24.2 Å². The van der Waals surface area contributed by atoms with E-state index in [-0.39, 0.29) is 28.6 Å². The molecular weight excluding hydrogens is 382 g/mol. The molecule has 1 N–H and O–H groups in total. The predicted octanol–water partition coefficient (Wildman–Crippen LogP) is 2.34. The molecular formula is C23H19N3O4. The maximum Gasteiger partial charge on any atom is 0.257 e. The van der Waals surface area contributed by atoms with Crippen molar-refractivity contribution in [3.63, 3.8) is 0 Å². The first-order valence-electron chi connectivity index (χ1n) is 9.48. The highest BCUT2D eigenvalue weighted by molar-refractivity contribution is 6.27. The monoisotopic (exact) mass is 401 g/mol. The van der Waals surface area contributed by atoms with Crippen LogP contribution < -0.4 is 5.32 Å². The summed E-state index contributed by atoms with van der Waals surface area (Å²) in [6.07, 6.45) is 3.16. The highest BCUT2D eigenvalue weighted by atomic mass is 16.2. The van der Waals surface area contributed by atoms with E-state index in [0.717, 1.165) is 0 Å². The molecule has 2 aliphatic rings. The molecule has 0 aromatic heterocycles. The van der Waals surface area contributed by atoms with Gasteiger partial charge in [0.1, 0.15) is 11.4 Å². The number of Topliss-reactive ketones (excluding diaryl/α,β-unsaturated/α-hetero) is 2. The molecule has 0 saturated heterocycles. The molecule has 2 aromatic rings. The van der Waals surface area contributed by atoms with Crippen LogP contribution in [0.15, 0.2) is 78.4 Å². The Bertz CT molecular complexity index is 1120. The molecule has 0 radical (unpaired) electrons. The molecule has 0 atom stereocenters. The van der Waals surface area contributed by atoms with Crippen LogP contribution in [0.4, 0.5) is 0 Å². The Hall–Kier alpha value is -4.00. The first kappa shape index (κ1) is 19.3. The lowest BCUT2D eigenvalue weighted by molar-refractivity contribution is -0.118. The molecule has 1 aliphatic carbocycles. The van der Waals surface area contributed by atoms with Gasteiger partial charge in [0, 0.05) is 49.1 Å². The third-order valence-corrected chi connectivity index (χ3v) is 4.97. The maximum absolute atomic E-state index is 13.2. The lowest BCUT2D eigenvalue weighted by Gasteiger charge is -2.33. The number of amides is 2. The molecule has 150 valence electrons. The van der Waals surface area contributed by atoms with E-state index in [1.54, 1.807) is 70.7 Å². The number of fused-ring (bicyclic) bond motifs is 1. The van der Waals surface area contributed by atoms with E-state index in [1.807, 2.05) is 6.07 Å². The minimum Gasteiger partial charge on any atom is -0.340 e. The average molecular weight is 401 g/mol. The maximum atomic E-state index is 13.2. The highest BCUT2D eigenvalue weighted by Gasteiger charge is 2.36. The van der Waals surface area contributed by atoms with Crippen molar-refractivity contribution in [1.82, 2.24) is 15.1 Å². The normalized spacial score (nSPS) is 15.9. The van der Waals surface area contributed by atoms with Gasteiger partial charge in [0.05, 0.1) is 0 Å². The van der Waals surface area contributed by atoms with Crippen molar-refractivity contribution in [3.8, 4) is 0 Å². The van der Waals surface area contributed by atoms with Crippen LogP contribution in [0.2, 0.25) is 0 Å². The number of benzene rings is 2. The fourth-order valence-corrected chi connectivity index (χ4v) is 3.56. The van der Waals surface area contributed by atoms with Crippen molar-refractivity contribution in [3.05, 3.63) is 95.1 Å². The van der Waals surface area contributed by atoms with Crippen molar-refractivity contribution in [1.29, 1.82) is 0 Å². The van der Waals surface area contributed by atoms with Gasteiger partial charge in [-0.05, 0) is 12.1 Å². The van der Waals surface area contributed by atoms with E-state index in [9.17, 15) is 19.2 Å². The van der Waals surface area contributed by atoms with Crippen LogP contribution in [0.25, 0.3) is 0 Å². The number of hydrogen-bond acceptors (Lipinski definition) is 5. The van der Waals surface area contributed by atoms with E-state index in [4.69, 9.17) is 0 Å². The molecule has 0 unspecified atom stereocenters. The zero-order valence-corrected chi connectivity index (χ0v) is 16.3. The van der Waals surface area contributed by atoms with Gasteiger partial charge in [0.2, 0.25) is 17.5 Å². The zero-order valence-electron chi connectivity index (χ0n) is 16.3. The number of nitrogens with one attached hydrogen (secondary N) is 1. The van der Waals surface area contributed by atoms with Gasteiger partial charge in [0.15, 0.2) is 0 Å². The number of nitrogens with zero attached hydrogens (tertiary/aromatic N) is 2. The number of ketones is 2. The van der Waals surface area contributed by atoms with Crippen molar-refractivity contribution < 1.29 is 19.2 Å². The lowest BCUT2D eigenvalue weighted by Crippen LogP contribution is -2.43. The summed E-state index contributed by atoms with van der Waals surface area (Å²) in [4.78, 5) is 53.6. The quantitative estimate of drug-likeness (QED) is 0.853. The molecule has 30 heavy (non-hydrogen) atoms. The van der Waals surface area contributed by atoms with Gasteiger partial charge in [-0.1, -0.05) is 42.5 Å². The molecule has 0 bridgehead atoms. The molecule has 7 heteroatoms. The Morgan fingerprint density at radius 2 is 1.47 bits per heavy atom. The molecule has 2 amide bonds. The lowest BCUT2D eigenvalue weighted by atomic mass is 9.89. The summed E-state index contributed by atoms with van der Waals surface area (Å²) in [5.41, 5.74) is 1.18. The van der Waals surface area contributed by atoms with Crippen LogP contribution in [0.5, 0.6) is 0 Å². The zero-order chi connectivity index (χ0) is 21.3. The SMILES string of the molecule is CC(=O)NC1=C(N2C=CN(C(=O)c3ccccc3)CC2)C(=O)c2ccccc2C1=O. The first-order valence-corrected chi connectivity index (χ1v) is 9.48. The second-order valence-corrected chi connectivity index (χ2v) is 6.96. The van der Waals surface area contributed by atoms with Crippen molar-refractivity contribution in [2.45, 2.75) is 6.92 Å². The van der Waals surface area contributed by atoms with Crippen molar-refractivity contribution in [2.24, 2.45) is 0 Å². The Kier molecular flexibility index (Phi) is 5.02. The van der Waals surface area contributed by atoms with Crippen LogP contribution in [0, 0.1) is 0 Å². The van der Waals surface area contributed by atoms with Crippen molar-refractivity contribution in [2.75, 3.05) is 13.1 Å². The largest absolute Gasteiger partial charge is 0.340 e. The summed E-state index contributed by atoms with van der Waals surface area (Å²) in [5, 5.41) is 2.52. The van der Waals surface area contributed by atoms with E-state index < -0.39 is 11.7 Å². The summed E-state index contributed by atoms with van der Waals surface area (Å²) >= 11 is 0. The van der Waals surface area contributed by atoms with Gasteiger partial charge < -0.3 is 15.1 Å². The van der Waals surface area contributed by atoms with Gasteiger partial charge in [-0.15, -0.1) is 0 Å². The second kappa shape index (κ2) is 7.79. The summed E-state index contributed by atoms with van der Waals surface area (Å²) in [6.45, 7) is 1.91.